The summed E-state index contributed by atoms with van der Waals surface area (Å²) < 4.78 is 5.48. The minimum atomic E-state index is -0.550. The second-order valence-electron chi connectivity index (χ2n) is 7.29. The highest BCUT2D eigenvalue weighted by Gasteiger charge is 2.39. The molecule has 1 atom stereocenters. The summed E-state index contributed by atoms with van der Waals surface area (Å²) in [6.45, 7) is 6.57. The Morgan fingerprint density at radius 1 is 1.33 bits per heavy atom. The van der Waals surface area contributed by atoms with Gasteiger partial charge in [0.2, 0.25) is 0 Å². The van der Waals surface area contributed by atoms with Gasteiger partial charge >= 0.3 is 6.09 Å². The van der Waals surface area contributed by atoms with Crippen LogP contribution in [0.1, 0.15) is 45.6 Å². The first-order valence-electron chi connectivity index (χ1n) is 8.04. The number of ether oxygens (including phenoxy) is 1. The Morgan fingerprint density at radius 2 is 2.04 bits per heavy atom. The van der Waals surface area contributed by atoms with E-state index in [2.05, 4.69) is 0 Å². The van der Waals surface area contributed by atoms with E-state index in [9.17, 15) is 9.59 Å². The van der Waals surface area contributed by atoms with Crippen molar-refractivity contribution in [1.29, 1.82) is 0 Å². The quantitative estimate of drug-likeness (QED) is 0.713. The molecular weight excluding hydrogens is 349 g/mol. The highest BCUT2D eigenvalue weighted by Crippen LogP contribution is 2.39. The smallest absolute Gasteiger partial charge is 0.410 e. The van der Waals surface area contributed by atoms with Crippen LogP contribution in [0.15, 0.2) is 18.2 Å². The average Bonchev–Trinajstić information content (AvgIpc) is 2.49. The Balaban J connectivity index is 2.30. The van der Waals surface area contributed by atoms with Crippen LogP contribution in [0, 0.1) is 0 Å². The number of nitrogens with zero attached hydrogens (tertiary/aromatic N) is 1. The van der Waals surface area contributed by atoms with E-state index in [0.717, 1.165) is 24.7 Å². The van der Waals surface area contributed by atoms with Gasteiger partial charge in [-0.05, 0) is 51.3 Å². The predicted molar refractivity (Wildman–Crippen MR) is 95.9 cm³/mol. The predicted octanol–water partition coefficient (Wildman–Crippen LogP) is 4.85. The molecule has 0 radical (unpaired) electrons. The van der Waals surface area contributed by atoms with Crippen LogP contribution in [0.2, 0.25) is 10.0 Å². The Bertz CT molecular complexity index is 627. The van der Waals surface area contributed by atoms with Crippen LogP contribution in [-0.2, 0) is 14.9 Å². The third kappa shape index (κ3) is 4.42. The molecule has 0 N–H and O–H groups in total. The summed E-state index contributed by atoms with van der Waals surface area (Å²) in [4.78, 5) is 25.4. The summed E-state index contributed by atoms with van der Waals surface area (Å²) in [6, 6.07) is 5.42. The van der Waals surface area contributed by atoms with Crippen molar-refractivity contribution in [3.63, 3.8) is 0 Å². The van der Waals surface area contributed by atoms with E-state index >= 15 is 0 Å². The van der Waals surface area contributed by atoms with Crippen LogP contribution in [0.4, 0.5) is 4.79 Å². The van der Waals surface area contributed by atoms with Crippen molar-refractivity contribution in [3.05, 3.63) is 33.8 Å². The SMILES string of the molecule is CC(C)(C)OC(=O)N1CCC[C@](CC=O)(c2ccc(Cl)c(Cl)c2)C1. The molecule has 0 bridgehead atoms. The van der Waals surface area contributed by atoms with Gasteiger partial charge in [-0.1, -0.05) is 29.3 Å². The van der Waals surface area contributed by atoms with Gasteiger partial charge in [0.15, 0.2) is 0 Å². The zero-order valence-corrected chi connectivity index (χ0v) is 15.8. The van der Waals surface area contributed by atoms with Crippen molar-refractivity contribution in [2.75, 3.05) is 13.1 Å². The van der Waals surface area contributed by atoms with E-state index in [4.69, 9.17) is 27.9 Å². The van der Waals surface area contributed by atoms with Gasteiger partial charge in [-0.2, -0.15) is 0 Å². The fourth-order valence-electron chi connectivity index (χ4n) is 3.12. The fourth-order valence-corrected chi connectivity index (χ4v) is 3.42. The second-order valence-corrected chi connectivity index (χ2v) is 8.10. The lowest BCUT2D eigenvalue weighted by Gasteiger charge is -2.42. The molecule has 1 aromatic rings. The number of hydrogen-bond acceptors (Lipinski definition) is 3. The number of carbonyl (C=O) groups is 2. The van der Waals surface area contributed by atoms with Crippen LogP contribution >= 0.6 is 23.2 Å². The van der Waals surface area contributed by atoms with Crippen molar-refractivity contribution in [1.82, 2.24) is 4.90 Å². The first-order valence-corrected chi connectivity index (χ1v) is 8.79. The molecule has 0 spiro atoms. The van der Waals surface area contributed by atoms with Gasteiger partial charge in [0, 0.05) is 24.9 Å². The van der Waals surface area contributed by atoms with Crippen LogP contribution in [0.5, 0.6) is 0 Å². The van der Waals surface area contributed by atoms with Crippen LogP contribution < -0.4 is 0 Å². The standard InChI is InChI=1S/C18H23Cl2NO3/c1-17(2,3)24-16(23)21-9-4-7-18(12-21,8-10-22)13-5-6-14(19)15(20)11-13/h5-6,10-11H,4,7-9,12H2,1-3H3/t18-/m1/s1. The molecule has 1 aliphatic heterocycles. The van der Waals surface area contributed by atoms with E-state index in [1.165, 1.54) is 0 Å². The number of benzene rings is 1. The van der Waals surface area contributed by atoms with E-state index in [0.29, 0.717) is 29.6 Å². The monoisotopic (exact) mass is 371 g/mol. The molecule has 0 aromatic heterocycles. The summed E-state index contributed by atoms with van der Waals surface area (Å²) >= 11 is 12.2. The highest BCUT2D eigenvalue weighted by atomic mass is 35.5. The molecule has 1 aromatic carbocycles. The van der Waals surface area contributed by atoms with Crippen LogP contribution in [0.3, 0.4) is 0 Å². The van der Waals surface area contributed by atoms with Crippen LogP contribution in [-0.4, -0.2) is 36.0 Å². The molecule has 1 aliphatic rings. The van der Waals surface area contributed by atoms with E-state index in [-0.39, 0.29) is 6.09 Å². The lowest BCUT2D eigenvalue weighted by atomic mass is 9.72. The normalized spacial score (nSPS) is 21.5. The summed E-state index contributed by atoms with van der Waals surface area (Å²) in [5, 5.41) is 0.926. The topological polar surface area (TPSA) is 46.6 Å². The fraction of sp³-hybridized carbons (Fsp3) is 0.556. The summed E-state index contributed by atoms with van der Waals surface area (Å²) in [5.41, 5.74) is -0.0754. The van der Waals surface area contributed by atoms with Gasteiger partial charge in [-0.25, -0.2) is 4.79 Å². The number of aldehydes is 1. The largest absolute Gasteiger partial charge is 0.444 e. The number of likely N-dealkylation sites (tertiary alicyclic amines) is 1. The number of carbonyl (C=O) groups excluding carboxylic acids is 2. The van der Waals surface area contributed by atoms with Crippen molar-refractivity contribution in [3.8, 4) is 0 Å². The van der Waals surface area contributed by atoms with Gasteiger partial charge in [-0.15, -0.1) is 0 Å². The van der Waals surface area contributed by atoms with Crippen LogP contribution in [0.25, 0.3) is 0 Å². The lowest BCUT2D eigenvalue weighted by Crippen LogP contribution is -2.50. The number of amides is 1. The first-order chi connectivity index (χ1) is 11.2. The van der Waals surface area contributed by atoms with Gasteiger partial charge in [0.1, 0.15) is 11.9 Å². The Labute approximate surface area is 153 Å². The molecule has 4 nitrogen and oxygen atoms in total. The molecule has 0 aliphatic carbocycles. The van der Waals surface area contributed by atoms with Crippen molar-refractivity contribution in [2.24, 2.45) is 0 Å². The molecule has 0 unspecified atom stereocenters. The molecule has 1 saturated heterocycles. The van der Waals surface area contributed by atoms with Gasteiger partial charge in [-0.3, -0.25) is 0 Å². The zero-order chi connectivity index (χ0) is 18.0. The molecule has 0 saturated carbocycles. The van der Waals surface area contributed by atoms with Gasteiger partial charge < -0.3 is 14.4 Å². The average molecular weight is 372 g/mol. The van der Waals surface area contributed by atoms with E-state index in [1.807, 2.05) is 26.8 Å². The Kier molecular flexibility index (Phi) is 5.82. The lowest BCUT2D eigenvalue weighted by molar-refractivity contribution is -0.109. The highest BCUT2D eigenvalue weighted by molar-refractivity contribution is 6.42. The maximum atomic E-state index is 12.4. The first kappa shape index (κ1) is 19.1. The molecule has 1 fully saturated rings. The van der Waals surface area contributed by atoms with E-state index in [1.54, 1.807) is 17.0 Å². The molecule has 6 heteroatoms. The van der Waals surface area contributed by atoms with Crippen molar-refractivity contribution in [2.45, 2.75) is 51.0 Å². The maximum Gasteiger partial charge on any atom is 0.410 e. The molecule has 1 amide bonds. The number of hydrogen-bond donors (Lipinski definition) is 0. The third-order valence-corrected chi connectivity index (χ3v) is 4.97. The second kappa shape index (κ2) is 7.32. The number of rotatable bonds is 3. The van der Waals surface area contributed by atoms with E-state index < -0.39 is 11.0 Å². The molecule has 24 heavy (non-hydrogen) atoms. The zero-order valence-electron chi connectivity index (χ0n) is 14.3. The Morgan fingerprint density at radius 3 is 2.62 bits per heavy atom. The number of halogens is 2. The number of piperidine rings is 1. The molecule has 2 rings (SSSR count). The Hall–Kier alpha value is -1.26. The molecule has 132 valence electrons. The van der Waals surface area contributed by atoms with Gasteiger partial charge in [0.05, 0.1) is 10.0 Å². The summed E-state index contributed by atoms with van der Waals surface area (Å²) in [7, 11) is 0. The maximum absolute atomic E-state index is 12.4. The summed E-state index contributed by atoms with van der Waals surface area (Å²) in [6.07, 6.45) is 2.49. The molecule has 1 heterocycles. The molecular formula is C18H23Cl2NO3. The third-order valence-electron chi connectivity index (χ3n) is 4.23. The van der Waals surface area contributed by atoms with Crippen molar-refractivity contribution >= 4 is 35.6 Å². The van der Waals surface area contributed by atoms with Gasteiger partial charge in [0.25, 0.3) is 0 Å². The minimum Gasteiger partial charge on any atom is -0.444 e. The minimum absolute atomic E-state index is 0.324. The van der Waals surface area contributed by atoms with Crippen molar-refractivity contribution < 1.29 is 14.3 Å². The summed E-state index contributed by atoms with van der Waals surface area (Å²) in [5.74, 6) is 0.